The van der Waals surface area contributed by atoms with Gasteiger partial charge in [0.15, 0.2) is 0 Å². The number of carboxylic acids is 1. The van der Waals surface area contributed by atoms with Crippen LogP contribution in [0.5, 0.6) is 5.75 Å². The molecule has 5 atom stereocenters. The van der Waals surface area contributed by atoms with Gasteiger partial charge in [0, 0.05) is 48.3 Å². The van der Waals surface area contributed by atoms with Crippen molar-refractivity contribution < 1.29 is 64.3 Å². The summed E-state index contributed by atoms with van der Waals surface area (Å²) in [5, 5.41) is 28.5. The van der Waals surface area contributed by atoms with E-state index in [4.69, 9.17) is 20.4 Å². The number of nitrogens with zero attached hydrogens (tertiary/aromatic N) is 1. The second kappa shape index (κ2) is 11.7. The Labute approximate surface area is 200 Å². The first-order valence-corrected chi connectivity index (χ1v) is 11.1. The van der Waals surface area contributed by atoms with Crippen molar-refractivity contribution in [1.29, 1.82) is 0 Å². The van der Waals surface area contributed by atoms with Crippen LogP contribution >= 0.6 is 0 Å². The van der Waals surface area contributed by atoms with Gasteiger partial charge in [-0.05, 0) is 24.1 Å². The summed E-state index contributed by atoms with van der Waals surface area (Å²) < 4.78 is 107. The second-order valence-electron chi connectivity index (χ2n) is 7.63. The number of nitro groups is 1. The summed E-state index contributed by atoms with van der Waals surface area (Å²) in [5.74, 6) is -8.98. The number of carboxylic acid groups (broad SMARTS) is 1. The van der Waals surface area contributed by atoms with Gasteiger partial charge in [0.05, 0.1) is 11.0 Å². The molecule has 0 unspecified atom stereocenters. The molecule has 1 fully saturated rings. The summed E-state index contributed by atoms with van der Waals surface area (Å²) in [4.78, 5) is 18.9. The van der Waals surface area contributed by atoms with Crippen LogP contribution in [0.2, 0.25) is 0 Å². The van der Waals surface area contributed by atoms with Gasteiger partial charge >= 0.3 is 29.8 Å². The van der Waals surface area contributed by atoms with Crippen molar-refractivity contribution in [2.45, 2.75) is 43.6 Å². The number of rotatable bonds is 6. The molecule has 206 valence electrons. The highest BCUT2D eigenvalue weighted by molar-refractivity contribution is 7.85. The molecule has 4 N–H and O–H groups in total. The van der Waals surface area contributed by atoms with E-state index in [0.29, 0.717) is 14.0 Å². The number of halogens is 7. The molecule has 0 spiro atoms. The number of methoxy groups -OCH3 is 1. The van der Waals surface area contributed by atoms with E-state index in [1.807, 2.05) is 0 Å². The van der Waals surface area contributed by atoms with E-state index >= 15 is 0 Å². The van der Waals surface area contributed by atoms with Gasteiger partial charge in [0.2, 0.25) is 11.6 Å². The molecular formula is C18H21F7N2O8S. The average Bonchev–Trinajstić information content (AvgIpc) is 2.69. The highest BCUT2D eigenvalue weighted by Crippen LogP contribution is 2.40. The van der Waals surface area contributed by atoms with E-state index < -0.39 is 75.1 Å². The van der Waals surface area contributed by atoms with Crippen molar-refractivity contribution in [3.8, 4) is 5.75 Å². The molecule has 10 nitrogen and oxygen atoms in total. The molecule has 18 heteroatoms. The van der Waals surface area contributed by atoms with E-state index in [1.165, 1.54) is 0 Å². The molecule has 1 aliphatic heterocycles. The molecule has 1 aliphatic rings. The predicted molar refractivity (Wildman–Crippen MR) is 108 cm³/mol. The first-order valence-electron chi connectivity index (χ1n) is 9.60. The first-order chi connectivity index (χ1) is 16.2. The van der Waals surface area contributed by atoms with Crippen molar-refractivity contribution in [3.05, 3.63) is 33.6 Å². The van der Waals surface area contributed by atoms with E-state index in [1.54, 1.807) is 0 Å². The van der Waals surface area contributed by atoms with Gasteiger partial charge in [0.25, 0.3) is 0 Å². The van der Waals surface area contributed by atoms with Crippen LogP contribution in [0.15, 0.2) is 12.1 Å². The lowest BCUT2D eigenvalue weighted by Gasteiger charge is -2.32. The van der Waals surface area contributed by atoms with E-state index in [2.05, 4.69) is 4.74 Å². The summed E-state index contributed by atoms with van der Waals surface area (Å²) >= 11 is 0. The van der Waals surface area contributed by atoms with E-state index in [0.717, 1.165) is 12.1 Å². The highest BCUT2D eigenvalue weighted by atomic mass is 32.2. The average molecular weight is 558 g/mol. The minimum Gasteiger partial charge on any atom is -0.475 e. The van der Waals surface area contributed by atoms with Crippen LogP contribution in [0.4, 0.5) is 36.4 Å². The molecule has 36 heavy (non-hydrogen) atoms. The fourth-order valence-electron chi connectivity index (χ4n) is 2.98. The second-order valence-corrected chi connectivity index (χ2v) is 9.17. The smallest absolute Gasteiger partial charge is 0.475 e. The van der Waals surface area contributed by atoms with Crippen LogP contribution in [-0.4, -0.2) is 74.2 Å². The molecule has 0 aliphatic carbocycles. The Kier molecular flexibility index (Phi) is 10.2. The lowest BCUT2D eigenvalue weighted by atomic mass is 9.91. The first kappa shape index (κ1) is 31.5. The van der Waals surface area contributed by atoms with Gasteiger partial charge in [-0.1, -0.05) is 0 Å². The summed E-state index contributed by atoms with van der Waals surface area (Å²) in [6, 6.07) is 0.855. The Morgan fingerprint density at radius 3 is 2.19 bits per heavy atom. The van der Waals surface area contributed by atoms with Crippen LogP contribution < -0.4 is 10.5 Å². The van der Waals surface area contributed by atoms with Gasteiger partial charge in [-0.15, -0.1) is 0 Å². The maximum Gasteiger partial charge on any atom is 0.490 e. The molecule has 1 heterocycles. The maximum absolute atomic E-state index is 14.4. The molecule has 0 radical (unpaired) electrons. The molecule has 1 aromatic carbocycles. The molecule has 2 rings (SSSR count). The van der Waals surface area contributed by atoms with Gasteiger partial charge in [-0.2, -0.15) is 30.7 Å². The molecule has 0 aromatic heterocycles. The highest BCUT2D eigenvalue weighted by Gasteiger charge is 2.55. The Hall–Kier alpha value is -2.57. The molecule has 0 saturated carbocycles. The quantitative estimate of drug-likeness (QED) is 0.206. The van der Waals surface area contributed by atoms with E-state index in [-0.39, 0.29) is 23.5 Å². The van der Waals surface area contributed by atoms with Crippen LogP contribution in [0.3, 0.4) is 0 Å². The van der Waals surface area contributed by atoms with E-state index in [9.17, 15) is 50.2 Å². The summed E-state index contributed by atoms with van der Waals surface area (Å²) in [6.45, 7) is 0.494. The molecular weight excluding hydrogens is 537 g/mol. The largest absolute Gasteiger partial charge is 0.490 e. The van der Waals surface area contributed by atoms with Crippen molar-refractivity contribution in [3.63, 3.8) is 0 Å². The summed E-state index contributed by atoms with van der Waals surface area (Å²) in [6.07, 6.45) is -11.4. The van der Waals surface area contributed by atoms with Gasteiger partial charge in [-0.3, -0.25) is 14.3 Å². The molecule has 0 amide bonds. The minimum absolute atomic E-state index is 0.0128. The van der Waals surface area contributed by atoms with Crippen molar-refractivity contribution in [2.75, 3.05) is 18.6 Å². The Bertz CT molecular complexity index is 991. The normalized spacial score (nSPS) is 24.2. The topological polar surface area (TPSA) is 162 Å². The number of aliphatic hydroxyl groups is 1. The number of ether oxygens (including phenoxy) is 2. The molecule has 1 saturated heterocycles. The third kappa shape index (κ3) is 7.97. The van der Waals surface area contributed by atoms with Crippen LogP contribution in [0.25, 0.3) is 0 Å². The predicted octanol–water partition coefficient (Wildman–Crippen LogP) is 2.28. The maximum atomic E-state index is 14.4. The Balaban J connectivity index is 0.000000809. The number of nitro benzene ring substituents is 1. The SMILES string of the molecule is CO[C@](C)(Oc1cc(C[C@@H]2C[S@](=O)C[C@H](N)[C@H]2O)cc(F)c1[N+](=O)[O-])C(F)(F)F.O=C(O)C(F)(F)F. The fourth-order valence-corrected chi connectivity index (χ4v) is 4.53. The fraction of sp³-hybridized carbons (Fsp3) is 0.611. The van der Waals surface area contributed by atoms with Gasteiger partial charge in [0.1, 0.15) is 0 Å². The van der Waals surface area contributed by atoms with Crippen molar-refractivity contribution >= 4 is 22.5 Å². The van der Waals surface area contributed by atoms with Crippen molar-refractivity contribution in [1.82, 2.24) is 0 Å². The zero-order valence-corrected chi connectivity index (χ0v) is 19.2. The zero-order valence-electron chi connectivity index (χ0n) is 18.4. The third-order valence-corrected chi connectivity index (χ3v) is 6.48. The minimum atomic E-state index is -5.08. The standard InChI is InChI=1S/C16H20F4N2O6S.C2HF3O2/c1-15(27-2,16(18,19)20)28-12-5-8(4-10(17)13(12)22(24)25)3-9-6-29(26)7-11(21)14(9)23;3-2(4,5)1(6)7/h4-5,9,11,14,23H,3,6-7,21H2,1-2H3;(H,6,7)/t9-,11+,14+,15-,29+;/m1./s1. The van der Waals surface area contributed by atoms with Crippen LogP contribution in [-0.2, 0) is 26.8 Å². The van der Waals surface area contributed by atoms with Crippen LogP contribution in [0, 0.1) is 21.8 Å². The number of benzene rings is 1. The lowest BCUT2D eigenvalue weighted by molar-refractivity contribution is -0.392. The number of carbonyl (C=O) groups is 1. The Morgan fingerprint density at radius 2 is 1.78 bits per heavy atom. The number of alkyl halides is 6. The lowest BCUT2D eigenvalue weighted by Crippen LogP contribution is -2.50. The third-order valence-electron chi connectivity index (χ3n) is 4.92. The van der Waals surface area contributed by atoms with Gasteiger partial charge < -0.3 is 25.4 Å². The number of nitrogens with two attached hydrogens (primary N) is 1. The number of aliphatic hydroxyl groups excluding tert-OH is 1. The number of hydrogen-bond donors (Lipinski definition) is 3. The van der Waals surface area contributed by atoms with Crippen LogP contribution in [0.1, 0.15) is 12.5 Å². The summed E-state index contributed by atoms with van der Waals surface area (Å²) in [5.41, 5.74) is 4.44. The summed E-state index contributed by atoms with van der Waals surface area (Å²) in [7, 11) is -0.644. The van der Waals surface area contributed by atoms with Crippen molar-refractivity contribution in [2.24, 2.45) is 11.7 Å². The number of hydrogen-bond acceptors (Lipinski definition) is 8. The molecule has 1 aromatic rings. The van der Waals surface area contributed by atoms with Gasteiger partial charge in [-0.25, -0.2) is 4.79 Å². The molecule has 0 bridgehead atoms. The monoisotopic (exact) mass is 558 g/mol. The number of aliphatic carboxylic acids is 1. The Morgan fingerprint density at radius 1 is 1.25 bits per heavy atom. The zero-order chi connectivity index (χ0) is 28.2.